The zero-order valence-corrected chi connectivity index (χ0v) is 27.9. The summed E-state index contributed by atoms with van der Waals surface area (Å²) in [5.74, 6) is 0.699. The molecule has 0 fully saturated rings. The molecule has 13 nitrogen and oxygen atoms in total. The number of para-hydroxylation sites is 1. The molecule has 0 radical (unpaired) electrons. The van der Waals surface area contributed by atoms with Crippen molar-refractivity contribution in [3.8, 4) is 28.6 Å². The number of fused-ring (bicyclic) bond motifs is 2. The first-order valence-corrected chi connectivity index (χ1v) is 16.2. The molecule has 2 aromatic heterocycles. The summed E-state index contributed by atoms with van der Waals surface area (Å²) in [6.45, 7) is 0.812. The molecule has 0 aliphatic carbocycles. The number of rotatable bonds is 11. The van der Waals surface area contributed by atoms with Gasteiger partial charge in [0.2, 0.25) is 5.82 Å². The lowest BCUT2D eigenvalue weighted by molar-refractivity contribution is 0.0997. The van der Waals surface area contributed by atoms with Crippen LogP contribution < -0.4 is 20.2 Å². The second kappa shape index (κ2) is 14.3. The van der Waals surface area contributed by atoms with E-state index in [1.165, 1.54) is 16.4 Å². The van der Waals surface area contributed by atoms with Gasteiger partial charge < -0.3 is 34.3 Å². The second-order valence-electron chi connectivity index (χ2n) is 11.9. The number of aliphatic hydroxyl groups excluding tert-OH is 2. The highest BCUT2D eigenvalue weighted by atomic mass is 16.5. The first kappa shape index (κ1) is 33.2. The van der Waals surface area contributed by atoms with Crippen LogP contribution in [-0.2, 0) is 26.2 Å². The van der Waals surface area contributed by atoms with Crippen LogP contribution in [-0.4, -0.2) is 62.0 Å². The molecule has 0 bridgehead atoms. The summed E-state index contributed by atoms with van der Waals surface area (Å²) in [7, 11) is 3.27. The number of benzene rings is 4. The molecule has 1 aliphatic rings. The largest absolute Gasteiger partial charge is 0.493 e. The van der Waals surface area contributed by atoms with E-state index in [0.717, 1.165) is 36.7 Å². The Kier molecular flexibility index (Phi) is 9.29. The molecule has 0 spiro atoms. The van der Waals surface area contributed by atoms with Gasteiger partial charge >= 0.3 is 0 Å². The Balaban J connectivity index is 1.08. The number of aromatic nitrogens is 4. The summed E-state index contributed by atoms with van der Waals surface area (Å²) in [4.78, 5) is 29.6. The first-order valence-electron chi connectivity index (χ1n) is 16.2. The molecule has 0 saturated carbocycles. The fraction of sp³-hybridized carbons (Fsp3) is 0.184. The molecule has 0 unspecified atom stereocenters. The molecule has 6 aromatic rings. The standard InChI is InChI=1S/C38H34N6O7/c1-49-34-17-24-12-14-43(20-25(24)18-35(34)50-2)13-11-23-7-9-28(10-8-23)44-41-37(40-42-44)30-15-26(21-45)27(22-46)16-31(30)39-38(48)36-19-32(47)29-5-3-4-6-33(29)51-36/h3-10,12,14-19,45-46H,11,13,20-22H2,1-2H3,(H,39,48). The lowest BCUT2D eigenvalue weighted by atomic mass is 10.0. The SMILES string of the molecule is COc1cc2c(cc1OC)CN(CCc1ccc(-n3nnc(-c4cc(CO)c(CO)cc4NC(=O)c4cc(=O)c5ccccc5o4)n3)cc1)C=C2. The summed E-state index contributed by atoms with van der Waals surface area (Å²) >= 11 is 0. The molecule has 51 heavy (non-hydrogen) atoms. The molecule has 1 aliphatic heterocycles. The summed E-state index contributed by atoms with van der Waals surface area (Å²) in [5, 5.41) is 36.1. The molecule has 3 N–H and O–H groups in total. The second-order valence-corrected chi connectivity index (χ2v) is 11.9. The van der Waals surface area contributed by atoms with Crippen LogP contribution in [0.15, 0.2) is 94.3 Å². The molecule has 258 valence electrons. The molecule has 4 aromatic carbocycles. The number of carbonyl (C=O) groups is 1. The Morgan fingerprint density at radius 1 is 0.941 bits per heavy atom. The number of nitrogens with zero attached hydrogens (tertiary/aromatic N) is 5. The molecule has 1 amide bonds. The lowest BCUT2D eigenvalue weighted by Gasteiger charge is -2.26. The molecule has 3 heterocycles. The number of hydrogen-bond donors (Lipinski definition) is 3. The van der Waals surface area contributed by atoms with E-state index in [0.29, 0.717) is 39.3 Å². The van der Waals surface area contributed by atoms with E-state index in [-0.39, 0.29) is 41.5 Å². The van der Waals surface area contributed by atoms with Crippen LogP contribution in [0.5, 0.6) is 11.5 Å². The molecular weight excluding hydrogens is 652 g/mol. The number of tetrazole rings is 1. The predicted octanol–water partition coefficient (Wildman–Crippen LogP) is 4.72. The third kappa shape index (κ3) is 6.80. The Hall–Kier alpha value is -6.31. The molecule has 7 rings (SSSR count). The van der Waals surface area contributed by atoms with Gasteiger partial charge in [0.05, 0.1) is 44.2 Å². The maximum absolute atomic E-state index is 13.3. The fourth-order valence-electron chi connectivity index (χ4n) is 6.01. The molecular formula is C38H34N6O7. The zero-order valence-electron chi connectivity index (χ0n) is 27.9. The molecule has 0 atom stereocenters. The van der Waals surface area contributed by atoms with Gasteiger partial charge in [-0.25, -0.2) is 0 Å². The van der Waals surface area contributed by atoms with Crippen LogP contribution in [0.4, 0.5) is 5.69 Å². The number of hydrogen-bond acceptors (Lipinski definition) is 11. The van der Waals surface area contributed by atoms with E-state index in [1.807, 2.05) is 36.4 Å². The van der Waals surface area contributed by atoms with Crippen molar-refractivity contribution < 1.29 is 28.9 Å². The van der Waals surface area contributed by atoms with E-state index in [2.05, 4.69) is 37.9 Å². The number of methoxy groups -OCH3 is 2. The number of anilines is 1. The molecule has 13 heteroatoms. The van der Waals surface area contributed by atoms with Gasteiger partial charge in [0.1, 0.15) is 5.58 Å². The van der Waals surface area contributed by atoms with Crippen LogP contribution >= 0.6 is 0 Å². The van der Waals surface area contributed by atoms with Gasteiger partial charge in [0.15, 0.2) is 22.7 Å². The van der Waals surface area contributed by atoms with Gasteiger partial charge in [0.25, 0.3) is 5.91 Å². The van der Waals surface area contributed by atoms with Crippen molar-refractivity contribution in [3.05, 3.63) is 129 Å². The minimum atomic E-state index is -0.688. The van der Waals surface area contributed by atoms with Gasteiger partial charge in [-0.3, -0.25) is 9.59 Å². The number of aliphatic hydroxyl groups is 2. The summed E-state index contributed by atoms with van der Waals surface area (Å²) in [6.07, 6.45) is 4.98. The number of ether oxygens (including phenoxy) is 2. The topological polar surface area (TPSA) is 165 Å². The van der Waals surface area contributed by atoms with Crippen molar-refractivity contribution in [1.29, 1.82) is 0 Å². The Bertz CT molecular complexity index is 2330. The lowest BCUT2D eigenvalue weighted by Crippen LogP contribution is -2.22. The van der Waals surface area contributed by atoms with Crippen LogP contribution in [0.2, 0.25) is 0 Å². The van der Waals surface area contributed by atoms with Crippen molar-refractivity contribution in [2.24, 2.45) is 0 Å². The maximum Gasteiger partial charge on any atom is 0.291 e. The number of carbonyl (C=O) groups excluding carboxylic acids is 1. The fourth-order valence-corrected chi connectivity index (χ4v) is 6.01. The smallest absolute Gasteiger partial charge is 0.291 e. The summed E-state index contributed by atoms with van der Waals surface area (Å²) < 4.78 is 16.6. The number of nitrogens with one attached hydrogen (secondary N) is 1. The van der Waals surface area contributed by atoms with E-state index >= 15 is 0 Å². The van der Waals surface area contributed by atoms with Crippen molar-refractivity contribution in [3.63, 3.8) is 0 Å². The minimum absolute atomic E-state index is 0.167. The zero-order chi connectivity index (χ0) is 35.5. The van der Waals surface area contributed by atoms with Gasteiger partial charge in [-0.2, -0.15) is 0 Å². The van der Waals surface area contributed by atoms with Crippen molar-refractivity contribution >= 4 is 28.6 Å². The van der Waals surface area contributed by atoms with E-state index < -0.39 is 5.91 Å². The van der Waals surface area contributed by atoms with Crippen molar-refractivity contribution in [1.82, 2.24) is 25.1 Å². The highest BCUT2D eigenvalue weighted by Gasteiger charge is 2.20. The van der Waals surface area contributed by atoms with E-state index in [9.17, 15) is 19.8 Å². The first-order chi connectivity index (χ1) is 24.9. The normalized spacial score (nSPS) is 12.2. The van der Waals surface area contributed by atoms with Gasteiger partial charge in [0, 0.05) is 24.7 Å². The monoisotopic (exact) mass is 686 g/mol. The Morgan fingerprint density at radius 3 is 2.45 bits per heavy atom. The Labute approximate surface area is 292 Å². The highest BCUT2D eigenvalue weighted by Crippen LogP contribution is 2.34. The van der Waals surface area contributed by atoms with Crippen LogP contribution in [0.25, 0.3) is 34.1 Å². The van der Waals surface area contributed by atoms with Crippen LogP contribution in [0.1, 0.15) is 38.4 Å². The van der Waals surface area contributed by atoms with Gasteiger partial charge in [-0.05, 0) is 100 Å². The highest BCUT2D eigenvalue weighted by molar-refractivity contribution is 6.05. The van der Waals surface area contributed by atoms with Gasteiger partial charge in [-0.1, -0.05) is 24.3 Å². The van der Waals surface area contributed by atoms with E-state index in [4.69, 9.17) is 13.9 Å². The van der Waals surface area contributed by atoms with Crippen molar-refractivity contribution in [2.75, 3.05) is 26.1 Å². The average Bonchev–Trinajstić information content (AvgIpc) is 3.66. The third-order valence-corrected chi connectivity index (χ3v) is 8.78. The van der Waals surface area contributed by atoms with Gasteiger partial charge in [-0.15, -0.1) is 15.0 Å². The summed E-state index contributed by atoms with van der Waals surface area (Å²) in [6, 6.07) is 22.7. The predicted molar refractivity (Wildman–Crippen MR) is 190 cm³/mol. The third-order valence-electron chi connectivity index (χ3n) is 8.78. The Morgan fingerprint density at radius 2 is 1.69 bits per heavy atom. The quantitative estimate of drug-likeness (QED) is 0.173. The maximum atomic E-state index is 13.3. The van der Waals surface area contributed by atoms with Crippen LogP contribution in [0.3, 0.4) is 0 Å². The summed E-state index contributed by atoms with van der Waals surface area (Å²) in [5.41, 5.74) is 5.39. The average molecular weight is 687 g/mol. The minimum Gasteiger partial charge on any atom is -0.493 e. The number of amides is 1. The van der Waals surface area contributed by atoms with Crippen molar-refractivity contribution in [2.45, 2.75) is 26.2 Å². The van der Waals surface area contributed by atoms with Crippen LogP contribution in [0, 0.1) is 0 Å². The molecule has 0 saturated heterocycles. The van der Waals surface area contributed by atoms with E-state index in [1.54, 1.807) is 44.6 Å².